The molecule has 2 fully saturated rings. The molecule has 0 amide bonds. The van der Waals surface area contributed by atoms with Crippen LogP contribution in [0.15, 0.2) is 5.16 Å². The summed E-state index contributed by atoms with van der Waals surface area (Å²) in [6.07, 6.45) is 22.9. The first-order valence-electron chi connectivity index (χ1n) is 9.59. The molecule has 0 aromatic heterocycles. The molecule has 2 saturated carbocycles. The van der Waals surface area contributed by atoms with Gasteiger partial charge in [-0.25, -0.2) is 0 Å². The van der Waals surface area contributed by atoms with E-state index in [1.807, 2.05) is 0 Å². The highest BCUT2D eigenvalue weighted by Crippen LogP contribution is 2.24. The minimum atomic E-state index is 0.754. The predicted octanol–water partition coefficient (Wildman–Crippen LogP) is 6.10. The summed E-state index contributed by atoms with van der Waals surface area (Å²) >= 11 is 0. The van der Waals surface area contributed by atoms with E-state index >= 15 is 0 Å². The van der Waals surface area contributed by atoms with Gasteiger partial charge >= 0.3 is 0 Å². The zero-order valence-corrected chi connectivity index (χ0v) is 13.9. The highest BCUT2D eigenvalue weighted by atomic mass is 16.6. The van der Waals surface area contributed by atoms with Crippen molar-refractivity contribution in [2.75, 3.05) is 6.61 Å². The first-order valence-corrected chi connectivity index (χ1v) is 9.59. The second-order valence-electron chi connectivity index (χ2n) is 7.24. The third-order valence-corrected chi connectivity index (χ3v) is 5.35. The van der Waals surface area contributed by atoms with Gasteiger partial charge in [0.2, 0.25) is 0 Å². The Hall–Kier alpha value is -0.530. The van der Waals surface area contributed by atoms with Gasteiger partial charge in [0.05, 0.1) is 0 Å². The van der Waals surface area contributed by atoms with Crippen molar-refractivity contribution < 1.29 is 4.84 Å². The van der Waals surface area contributed by atoms with Crippen LogP contribution in [0.25, 0.3) is 0 Å². The molecule has 0 heterocycles. The molecule has 21 heavy (non-hydrogen) atoms. The third kappa shape index (κ3) is 7.87. The van der Waals surface area contributed by atoms with Gasteiger partial charge in [0.15, 0.2) is 0 Å². The maximum absolute atomic E-state index is 5.59. The van der Waals surface area contributed by atoms with E-state index in [2.05, 4.69) is 11.4 Å². The maximum atomic E-state index is 5.59. The van der Waals surface area contributed by atoms with Crippen LogP contribution in [0, 0.1) is 11.8 Å². The number of hydrogen-bond acceptors (Lipinski definition) is 2. The largest absolute Gasteiger partial charge is 0.396 e. The van der Waals surface area contributed by atoms with E-state index in [1.165, 1.54) is 89.9 Å². The molecule has 2 nitrogen and oxygen atoms in total. The van der Waals surface area contributed by atoms with Gasteiger partial charge in [0.1, 0.15) is 6.61 Å². The molecule has 0 spiro atoms. The summed E-state index contributed by atoms with van der Waals surface area (Å²) in [6.45, 7) is 0.848. The molecule has 2 aliphatic carbocycles. The van der Waals surface area contributed by atoms with E-state index in [4.69, 9.17) is 4.84 Å². The molecule has 0 N–H and O–H groups in total. The van der Waals surface area contributed by atoms with Crippen LogP contribution in [-0.4, -0.2) is 12.8 Å². The van der Waals surface area contributed by atoms with E-state index in [0.717, 1.165) is 24.9 Å². The third-order valence-electron chi connectivity index (χ3n) is 5.35. The fraction of sp³-hybridized carbons (Fsp3) is 0.947. The molecule has 0 aromatic rings. The van der Waals surface area contributed by atoms with Gasteiger partial charge in [-0.1, -0.05) is 82.2 Å². The predicted molar refractivity (Wildman–Crippen MR) is 90.7 cm³/mol. The van der Waals surface area contributed by atoms with Gasteiger partial charge < -0.3 is 4.84 Å². The van der Waals surface area contributed by atoms with Crippen molar-refractivity contribution in [3.05, 3.63) is 0 Å². The van der Waals surface area contributed by atoms with E-state index in [0.29, 0.717) is 0 Å². The lowest BCUT2D eigenvalue weighted by Crippen LogP contribution is -2.10. The van der Waals surface area contributed by atoms with Crippen molar-refractivity contribution in [1.29, 1.82) is 0 Å². The minimum Gasteiger partial charge on any atom is -0.396 e. The van der Waals surface area contributed by atoms with Crippen molar-refractivity contribution in [1.82, 2.24) is 0 Å². The topological polar surface area (TPSA) is 21.6 Å². The fourth-order valence-electron chi connectivity index (χ4n) is 3.88. The summed E-state index contributed by atoms with van der Waals surface area (Å²) < 4.78 is 0. The number of oxime groups is 1. The summed E-state index contributed by atoms with van der Waals surface area (Å²) in [4.78, 5) is 5.59. The van der Waals surface area contributed by atoms with Gasteiger partial charge in [-0.15, -0.1) is 0 Å². The molecule has 0 saturated heterocycles. The Morgan fingerprint density at radius 1 is 0.667 bits per heavy atom. The van der Waals surface area contributed by atoms with Gasteiger partial charge in [-0.3, -0.25) is 0 Å². The summed E-state index contributed by atoms with van der Waals surface area (Å²) in [5.41, 5.74) is 0. The molecule has 0 atom stereocenters. The van der Waals surface area contributed by atoms with Gasteiger partial charge in [0.25, 0.3) is 0 Å². The Morgan fingerprint density at radius 3 is 1.71 bits per heavy atom. The number of rotatable bonds is 5. The smallest absolute Gasteiger partial charge is 0.120 e. The summed E-state index contributed by atoms with van der Waals surface area (Å²) in [5.74, 6) is 1.61. The molecule has 2 rings (SSSR count). The number of nitrogens with zero attached hydrogens (tertiary/aromatic N) is 1. The summed E-state index contributed by atoms with van der Waals surface area (Å²) in [6, 6.07) is 0. The van der Waals surface area contributed by atoms with Crippen LogP contribution in [0.3, 0.4) is 0 Å². The average Bonchev–Trinajstić information content (AvgIpc) is 2.42. The molecular formula is C19H35NO. The maximum Gasteiger partial charge on any atom is 0.120 e. The van der Waals surface area contributed by atoms with Crippen molar-refractivity contribution in [3.8, 4) is 0 Å². The quantitative estimate of drug-likeness (QED) is 0.443. The molecule has 0 bridgehead atoms. The van der Waals surface area contributed by atoms with Crippen molar-refractivity contribution in [2.45, 2.75) is 96.3 Å². The standard InChI is InChI=1S/C19H35NO/c1-3-7-11-18(12-8-4-1)15-16-20-21-17-19-13-9-5-2-6-10-14-19/h16,18-19H,1-15,17H2/b20-16+. The molecule has 122 valence electrons. The van der Waals surface area contributed by atoms with Crippen LogP contribution < -0.4 is 0 Å². The highest BCUT2D eigenvalue weighted by molar-refractivity contribution is 5.56. The molecule has 0 radical (unpaired) electrons. The lowest BCUT2D eigenvalue weighted by atomic mass is 9.89. The monoisotopic (exact) mass is 293 g/mol. The van der Waals surface area contributed by atoms with E-state index in [-0.39, 0.29) is 0 Å². The van der Waals surface area contributed by atoms with E-state index < -0.39 is 0 Å². The average molecular weight is 293 g/mol. The Morgan fingerprint density at radius 2 is 1.14 bits per heavy atom. The van der Waals surface area contributed by atoms with Crippen molar-refractivity contribution >= 4 is 6.21 Å². The van der Waals surface area contributed by atoms with Crippen LogP contribution in [0.4, 0.5) is 0 Å². The number of hydrogen-bond donors (Lipinski definition) is 0. The highest BCUT2D eigenvalue weighted by Gasteiger charge is 2.12. The molecular weight excluding hydrogens is 258 g/mol. The van der Waals surface area contributed by atoms with Gasteiger partial charge in [-0.05, 0) is 31.1 Å². The van der Waals surface area contributed by atoms with Crippen LogP contribution in [0.2, 0.25) is 0 Å². The minimum absolute atomic E-state index is 0.754. The zero-order valence-electron chi connectivity index (χ0n) is 13.9. The second-order valence-corrected chi connectivity index (χ2v) is 7.24. The van der Waals surface area contributed by atoms with Crippen molar-refractivity contribution in [2.24, 2.45) is 17.0 Å². The molecule has 2 aliphatic rings. The zero-order chi connectivity index (χ0) is 14.6. The normalized spacial score (nSPS) is 24.2. The molecule has 0 aromatic carbocycles. The lowest BCUT2D eigenvalue weighted by Gasteiger charge is -2.18. The SMILES string of the molecule is C(/CC1CCCCCCC1)=N\OCC1CCCCCCC1. The molecule has 0 unspecified atom stereocenters. The van der Waals surface area contributed by atoms with Crippen LogP contribution >= 0.6 is 0 Å². The summed E-state index contributed by atoms with van der Waals surface area (Å²) in [7, 11) is 0. The molecule has 2 heteroatoms. The van der Waals surface area contributed by atoms with Crippen molar-refractivity contribution in [3.63, 3.8) is 0 Å². The first kappa shape index (κ1) is 16.8. The Balaban J connectivity index is 1.56. The Bertz CT molecular complexity index is 261. The van der Waals surface area contributed by atoms with Crippen LogP contribution in [0.1, 0.15) is 96.3 Å². The van der Waals surface area contributed by atoms with E-state index in [9.17, 15) is 0 Å². The Labute approximate surface area is 131 Å². The van der Waals surface area contributed by atoms with Crippen LogP contribution in [0.5, 0.6) is 0 Å². The van der Waals surface area contributed by atoms with Gasteiger partial charge in [0, 0.05) is 6.21 Å². The Kier molecular flexibility index (Phi) is 8.89. The lowest BCUT2D eigenvalue weighted by molar-refractivity contribution is 0.0964. The first-order chi connectivity index (χ1) is 10.4. The molecule has 0 aliphatic heterocycles. The fourth-order valence-corrected chi connectivity index (χ4v) is 3.88. The summed E-state index contributed by atoms with van der Waals surface area (Å²) in [5, 5.41) is 4.24. The van der Waals surface area contributed by atoms with Crippen LogP contribution in [-0.2, 0) is 4.84 Å². The second kappa shape index (κ2) is 11.1. The van der Waals surface area contributed by atoms with E-state index in [1.54, 1.807) is 0 Å². The van der Waals surface area contributed by atoms with Gasteiger partial charge in [-0.2, -0.15) is 0 Å².